The van der Waals surface area contributed by atoms with E-state index in [1.807, 2.05) is 0 Å². The van der Waals surface area contributed by atoms with Crippen LogP contribution in [0.2, 0.25) is 0 Å². The number of ether oxygens (including phenoxy) is 1. The van der Waals surface area contributed by atoms with E-state index in [-0.39, 0.29) is 23.5 Å². The molecule has 0 aliphatic carbocycles. The van der Waals surface area contributed by atoms with Gasteiger partial charge in [-0.3, -0.25) is 14.9 Å². The molecule has 0 aliphatic heterocycles. The van der Waals surface area contributed by atoms with Crippen molar-refractivity contribution in [2.75, 3.05) is 13.7 Å². The lowest BCUT2D eigenvalue weighted by atomic mass is 10.1. The highest BCUT2D eigenvalue weighted by atomic mass is 16.6. The minimum absolute atomic E-state index is 0.0820. The van der Waals surface area contributed by atoms with Crippen LogP contribution in [0.5, 0.6) is 5.75 Å². The normalized spacial score (nSPS) is 11.7. The van der Waals surface area contributed by atoms with Gasteiger partial charge in [-0.15, -0.1) is 0 Å². The Balaban J connectivity index is 2.94. The molecule has 0 saturated carbocycles. The Morgan fingerprint density at radius 1 is 1.61 bits per heavy atom. The summed E-state index contributed by atoms with van der Waals surface area (Å²) in [5.41, 5.74) is -0.134. The lowest BCUT2D eigenvalue weighted by Gasteiger charge is -2.08. The van der Waals surface area contributed by atoms with Crippen molar-refractivity contribution >= 4 is 11.6 Å². The van der Waals surface area contributed by atoms with E-state index < -0.39 is 16.9 Å². The van der Waals surface area contributed by atoms with Crippen molar-refractivity contribution in [2.24, 2.45) is 0 Å². The third-order valence-electron chi connectivity index (χ3n) is 2.20. The van der Waals surface area contributed by atoms with Crippen LogP contribution < -0.4 is 10.1 Å². The van der Waals surface area contributed by atoms with Gasteiger partial charge < -0.3 is 15.2 Å². The summed E-state index contributed by atoms with van der Waals surface area (Å²) in [5.74, 6) is -0.395. The Hall–Kier alpha value is -2.15. The molecule has 7 nitrogen and oxygen atoms in total. The molecule has 1 rings (SSSR count). The van der Waals surface area contributed by atoms with Crippen LogP contribution in [0.4, 0.5) is 5.69 Å². The first kappa shape index (κ1) is 13.9. The summed E-state index contributed by atoms with van der Waals surface area (Å²) < 4.78 is 4.83. The molecule has 1 aromatic carbocycles. The number of amides is 1. The number of carbonyl (C=O) groups excluding carboxylic acids is 1. The maximum Gasteiger partial charge on any atom is 0.311 e. The Bertz CT molecular complexity index is 459. The van der Waals surface area contributed by atoms with Gasteiger partial charge in [0.05, 0.1) is 18.1 Å². The molecular weight excluding hydrogens is 240 g/mol. The van der Waals surface area contributed by atoms with Gasteiger partial charge in [-0.05, 0) is 19.1 Å². The highest BCUT2D eigenvalue weighted by Crippen LogP contribution is 2.27. The van der Waals surface area contributed by atoms with E-state index in [1.165, 1.54) is 26.2 Å². The van der Waals surface area contributed by atoms with Crippen molar-refractivity contribution in [3.05, 3.63) is 33.9 Å². The van der Waals surface area contributed by atoms with Crippen LogP contribution in [-0.2, 0) is 0 Å². The molecule has 0 saturated heterocycles. The second-order valence-electron chi connectivity index (χ2n) is 3.70. The van der Waals surface area contributed by atoms with Gasteiger partial charge in [0.2, 0.25) is 0 Å². The largest absolute Gasteiger partial charge is 0.490 e. The Labute approximate surface area is 104 Å². The maximum atomic E-state index is 11.6. The lowest BCUT2D eigenvalue weighted by molar-refractivity contribution is -0.385. The fourth-order valence-electron chi connectivity index (χ4n) is 1.32. The van der Waals surface area contributed by atoms with Gasteiger partial charge in [-0.25, -0.2) is 0 Å². The topological polar surface area (TPSA) is 102 Å². The fourth-order valence-corrected chi connectivity index (χ4v) is 1.32. The maximum absolute atomic E-state index is 11.6. The Morgan fingerprint density at radius 2 is 2.28 bits per heavy atom. The molecule has 0 fully saturated rings. The molecule has 0 aromatic heterocycles. The van der Waals surface area contributed by atoms with Crippen molar-refractivity contribution in [1.29, 1.82) is 0 Å². The number of carbonyl (C=O) groups is 1. The zero-order valence-corrected chi connectivity index (χ0v) is 10.0. The van der Waals surface area contributed by atoms with E-state index in [0.717, 1.165) is 6.07 Å². The van der Waals surface area contributed by atoms with Crippen LogP contribution in [-0.4, -0.2) is 35.7 Å². The molecule has 0 spiro atoms. The number of nitrogens with one attached hydrogen (secondary N) is 1. The number of methoxy groups -OCH3 is 1. The van der Waals surface area contributed by atoms with Gasteiger partial charge >= 0.3 is 5.69 Å². The molecule has 18 heavy (non-hydrogen) atoms. The van der Waals surface area contributed by atoms with E-state index in [0.29, 0.717) is 0 Å². The first-order chi connectivity index (χ1) is 8.45. The van der Waals surface area contributed by atoms with Gasteiger partial charge in [0, 0.05) is 18.2 Å². The first-order valence-corrected chi connectivity index (χ1v) is 5.24. The number of hydrogen-bond donors (Lipinski definition) is 2. The third-order valence-corrected chi connectivity index (χ3v) is 2.20. The second-order valence-corrected chi connectivity index (χ2v) is 3.70. The predicted molar refractivity (Wildman–Crippen MR) is 63.7 cm³/mol. The van der Waals surface area contributed by atoms with Gasteiger partial charge in [0.25, 0.3) is 5.91 Å². The van der Waals surface area contributed by atoms with Gasteiger partial charge in [0.1, 0.15) is 0 Å². The zero-order valence-electron chi connectivity index (χ0n) is 10.0. The van der Waals surface area contributed by atoms with Crippen LogP contribution >= 0.6 is 0 Å². The molecule has 1 atom stereocenters. The lowest BCUT2D eigenvalue weighted by Crippen LogP contribution is -2.30. The van der Waals surface area contributed by atoms with Crippen molar-refractivity contribution in [1.82, 2.24) is 5.32 Å². The van der Waals surface area contributed by atoms with Crippen LogP contribution in [0, 0.1) is 10.1 Å². The van der Waals surface area contributed by atoms with Crippen molar-refractivity contribution in [3.63, 3.8) is 0 Å². The molecule has 0 unspecified atom stereocenters. The summed E-state index contributed by atoms with van der Waals surface area (Å²) in [6, 6.07) is 3.91. The molecule has 98 valence electrons. The van der Waals surface area contributed by atoms with Gasteiger partial charge in [-0.1, -0.05) is 0 Å². The fraction of sp³-hybridized carbons (Fsp3) is 0.364. The third kappa shape index (κ3) is 3.42. The summed E-state index contributed by atoms with van der Waals surface area (Å²) in [4.78, 5) is 21.8. The van der Waals surface area contributed by atoms with Crippen molar-refractivity contribution in [2.45, 2.75) is 13.0 Å². The standard InChI is InChI=1S/C11H14N2O5/c1-7(14)6-12-11(15)8-3-4-10(18-2)9(5-8)13(16)17/h3-5,7,14H,6H2,1-2H3,(H,12,15)/t7-/m0/s1. The smallest absolute Gasteiger partial charge is 0.311 e. The Morgan fingerprint density at radius 3 is 2.78 bits per heavy atom. The van der Waals surface area contributed by atoms with Crippen LogP contribution in [0.25, 0.3) is 0 Å². The second kappa shape index (κ2) is 5.97. The van der Waals surface area contributed by atoms with Crippen molar-refractivity contribution < 1.29 is 19.6 Å². The summed E-state index contributed by atoms with van der Waals surface area (Å²) in [5, 5.41) is 22.3. The zero-order chi connectivity index (χ0) is 13.7. The summed E-state index contributed by atoms with van der Waals surface area (Å²) >= 11 is 0. The molecular formula is C11H14N2O5. The first-order valence-electron chi connectivity index (χ1n) is 5.24. The number of rotatable bonds is 5. The van der Waals surface area contributed by atoms with E-state index in [9.17, 15) is 14.9 Å². The summed E-state index contributed by atoms with van der Waals surface area (Å²) in [6.45, 7) is 1.61. The molecule has 0 bridgehead atoms. The minimum Gasteiger partial charge on any atom is -0.490 e. The SMILES string of the molecule is COc1ccc(C(=O)NC[C@H](C)O)cc1[N+](=O)[O-]. The molecule has 1 amide bonds. The van der Waals surface area contributed by atoms with E-state index in [2.05, 4.69) is 5.32 Å². The average molecular weight is 254 g/mol. The van der Waals surface area contributed by atoms with Crippen LogP contribution in [0.3, 0.4) is 0 Å². The quantitative estimate of drug-likeness (QED) is 0.595. The van der Waals surface area contributed by atoms with Crippen LogP contribution in [0.15, 0.2) is 18.2 Å². The van der Waals surface area contributed by atoms with Crippen LogP contribution in [0.1, 0.15) is 17.3 Å². The molecule has 1 aromatic rings. The average Bonchev–Trinajstić information content (AvgIpc) is 2.34. The highest BCUT2D eigenvalue weighted by molar-refractivity contribution is 5.95. The highest BCUT2D eigenvalue weighted by Gasteiger charge is 2.18. The molecule has 7 heteroatoms. The summed E-state index contributed by atoms with van der Waals surface area (Å²) in [6.07, 6.45) is -0.679. The molecule has 0 radical (unpaired) electrons. The van der Waals surface area contributed by atoms with Gasteiger partial charge in [-0.2, -0.15) is 0 Å². The molecule has 2 N–H and O–H groups in total. The molecule has 0 aliphatic rings. The molecule has 0 heterocycles. The summed E-state index contributed by atoms with van der Waals surface area (Å²) in [7, 11) is 1.31. The number of aliphatic hydroxyl groups excluding tert-OH is 1. The van der Waals surface area contributed by atoms with E-state index in [4.69, 9.17) is 9.84 Å². The number of hydrogen-bond acceptors (Lipinski definition) is 5. The predicted octanol–water partition coefficient (Wildman–Crippen LogP) is 0.714. The van der Waals surface area contributed by atoms with E-state index >= 15 is 0 Å². The Kier molecular flexibility index (Phi) is 4.61. The number of nitro benzene ring substituents is 1. The number of nitrogens with zero attached hydrogens (tertiary/aromatic N) is 1. The minimum atomic E-state index is -0.679. The van der Waals surface area contributed by atoms with E-state index in [1.54, 1.807) is 0 Å². The monoisotopic (exact) mass is 254 g/mol. The number of benzene rings is 1. The van der Waals surface area contributed by atoms with Crippen molar-refractivity contribution in [3.8, 4) is 5.75 Å². The number of nitro groups is 1. The number of aliphatic hydroxyl groups is 1. The van der Waals surface area contributed by atoms with Gasteiger partial charge in [0.15, 0.2) is 5.75 Å².